The average Bonchev–Trinajstić information content (AvgIpc) is 1.76. The number of ketones is 1. The van der Waals surface area contributed by atoms with E-state index in [1.165, 1.54) is 50.7 Å². The van der Waals surface area contributed by atoms with Crippen LogP contribution in [0.25, 0.3) is 0 Å². The van der Waals surface area contributed by atoms with Crippen LogP contribution in [0.15, 0.2) is 71.4 Å². The molecule has 7 rings (SSSR count). The number of aromatic nitrogens is 2. The summed E-state index contributed by atoms with van der Waals surface area (Å²) in [5.41, 5.74) is 1.80. The van der Waals surface area contributed by atoms with Gasteiger partial charge in [0.05, 0.1) is 37.5 Å². The zero-order valence-electron chi connectivity index (χ0n) is 73.0. The summed E-state index contributed by atoms with van der Waals surface area (Å²) in [5, 5.41) is 18.9. The van der Waals surface area contributed by atoms with E-state index in [-0.39, 0.29) is 132 Å². The second kappa shape index (κ2) is 51.9. The van der Waals surface area contributed by atoms with Gasteiger partial charge in [0.15, 0.2) is 12.2 Å². The molecular formula is C88H134F2N8O17S2. The summed E-state index contributed by atoms with van der Waals surface area (Å²) in [6.07, 6.45) is 10.7. The Bertz CT molecular complexity index is 3780. The van der Waals surface area contributed by atoms with E-state index in [1.807, 2.05) is 142 Å². The van der Waals surface area contributed by atoms with E-state index in [9.17, 15) is 66.3 Å². The van der Waals surface area contributed by atoms with Crippen molar-refractivity contribution >= 4 is 94.0 Å². The van der Waals surface area contributed by atoms with Crippen molar-refractivity contribution in [3.8, 4) is 0 Å². The van der Waals surface area contributed by atoms with Gasteiger partial charge >= 0.3 is 41.9 Å². The molecule has 2 aliphatic heterocycles. The number of methoxy groups -OCH3 is 2. The number of likely N-dealkylation sites (tertiary alicyclic amines) is 2. The largest absolute Gasteiger partial charge is 0.480 e. The number of carboxylic acids is 1. The van der Waals surface area contributed by atoms with Crippen molar-refractivity contribution in [3.05, 3.63) is 104 Å². The zero-order chi connectivity index (χ0) is 88.1. The average molecular weight is 1680 g/mol. The molecule has 1 saturated carbocycles. The van der Waals surface area contributed by atoms with E-state index in [0.717, 1.165) is 88.4 Å². The molecular weight excluding hydrogens is 1540 g/mol. The normalized spacial score (nSPS) is 17.8. The van der Waals surface area contributed by atoms with E-state index in [4.69, 9.17) is 24.1 Å². The first-order valence-corrected chi connectivity index (χ1v) is 42.9. The number of likely N-dealkylation sites (N-methyl/N-ethyl adjacent to an activating group) is 2. The Labute approximate surface area is 701 Å². The van der Waals surface area contributed by atoms with E-state index >= 15 is 0 Å². The van der Waals surface area contributed by atoms with Crippen molar-refractivity contribution in [1.29, 1.82) is 0 Å². The number of ether oxygens (including phenoxy) is 4. The van der Waals surface area contributed by atoms with Gasteiger partial charge in [-0.25, -0.2) is 9.97 Å². The summed E-state index contributed by atoms with van der Waals surface area (Å²) in [7, 11) is 10.0. The summed E-state index contributed by atoms with van der Waals surface area (Å²) in [4.78, 5) is 162. The number of amides is 4. The van der Waals surface area contributed by atoms with Crippen molar-refractivity contribution in [1.82, 2.24) is 40.2 Å². The predicted molar refractivity (Wildman–Crippen MR) is 449 cm³/mol. The molecule has 3 N–H and O–H groups in total. The topological polar surface area (TPSA) is 325 Å². The Hall–Kier alpha value is -8.28. The van der Waals surface area contributed by atoms with Gasteiger partial charge in [-0.15, -0.1) is 22.7 Å². The highest BCUT2D eigenvalue weighted by Gasteiger charge is 2.38. The molecule has 2 aromatic carbocycles. The number of esters is 4. The van der Waals surface area contributed by atoms with Crippen molar-refractivity contribution in [2.45, 2.75) is 268 Å². The van der Waals surface area contributed by atoms with Crippen LogP contribution in [0.3, 0.4) is 0 Å². The molecule has 0 spiro atoms. The van der Waals surface area contributed by atoms with Crippen LogP contribution in [0.1, 0.15) is 261 Å². The highest BCUT2D eigenvalue weighted by atomic mass is 32.1. The second-order valence-electron chi connectivity index (χ2n) is 33.1. The molecule has 4 heterocycles. The minimum absolute atomic E-state index is 0.00969. The first kappa shape index (κ1) is 103. The Morgan fingerprint density at radius 1 is 0.547 bits per heavy atom. The van der Waals surface area contributed by atoms with Gasteiger partial charge in [0.2, 0.25) is 11.8 Å². The number of hydrogen-bond acceptors (Lipinski definition) is 22. The highest BCUT2D eigenvalue weighted by molar-refractivity contribution is 7.10. The van der Waals surface area contributed by atoms with Crippen LogP contribution in [0.5, 0.6) is 0 Å². The Morgan fingerprint density at radius 3 is 1.26 bits per heavy atom. The van der Waals surface area contributed by atoms with Crippen LogP contribution in [-0.2, 0) is 79.7 Å². The standard InChI is InChI=1S/C36H52N4O7S.C32H47N3O6S.C7H11FO.C7H13NO2.C6H11FO/c1-23(2)30(40(6)33(43)17-16-31(42)29-15-11-12-18-39(29)5)21-32(47-25(4)41)35-38-28(22-48-35)34(44)37-27(19-24(3)36(45)46-7)20-26-13-9-8-10-14-26;1-19(2)22(6)31(38)35(8)27(20(3)4)17-28(41-23(7)36)30-34-26(18-42-30)29(37)33-25(15-21(5)32(39)40-9)16-24-13-11-10-12-14-24;1-7(6(8)9)4-2-3-5-7;1-8-5-3-2-4-6(8)7(9)10;1-4(2)5(3)6(7)8/h8-10,13-14,22-24,27,29-30,32H,11-12,15-21H2,1-7H3,(H,37,44);10-14,18-22,25,27-28H,15-17H2,1-9H3,(H,33,37);2-5H2,1H3;6H,2-5H2,1H3,(H,9,10);4-5H,1-3H3/t24-,27+,29+,30+,32+;21-,22-,25+,27+,28+;;6-;5-/m00.10/s1. The maximum atomic E-state index is 13.4. The lowest BCUT2D eigenvalue weighted by molar-refractivity contribution is -0.150. The summed E-state index contributed by atoms with van der Waals surface area (Å²) >= 11 is 2.45. The molecule has 4 amide bonds. The van der Waals surface area contributed by atoms with Crippen molar-refractivity contribution in [2.24, 2.45) is 52.8 Å². The number of piperidine rings is 2. The third-order valence-corrected chi connectivity index (χ3v) is 24.3. The van der Waals surface area contributed by atoms with E-state index < -0.39 is 71.3 Å². The highest BCUT2D eigenvalue weighted by Crippen LogP contribution is 2.39. The van der Waals surface area contributed by atoms with Gasteiger partial charge in [-0.3, -0.25) is 67.3 Å². The molecule has 0 radical (unpaired) electrons. The molecule has 29 heteroatoms. The third-order valence-electron chi connectivity index (χ3n) is 22.4. The monoisotopic (exact) mass is 1680 g/mol. The summed E-state index contributed by atoms with van der Waals surface area (Å²) < 4.78 is 45.0. The van der Waals surface area contributed by atoms with Gasteiger partial charge in [0.1, 0.15) is 33.2 Å². The Kier molecular flexibility index (Phi) is 45.7. The van der Waals surface area contributed by atoms with Crippen molar-refractivity contribution in [3.63, 3.8) is 0 Å². The fourth-order valence-corrected chi connectivity index (χ4v) is 15.9. The number of thiazole rings is 2. The minimum Gasteiger partial charge on any atom is -0.480 e. The van der Waals surface area contributed by atoms with E-state index in [2.05, 4.69) is 25.5 Å². The molecule has 25 nitrogen and oxygen atoms in total. The van der Waals surface area contributed by atoms with Gasteiger partial charge in [-0.1, -0.05) is 169 Å². The van der Waals surface area contributed by atoms with Crippen LogP contribution < -0.4 is 10.6 Å². The molecule has 2 saturated heterocycles. The number of benzene rings is 2. The van der Waals surface area contributed by atoms with Gasteiger partial charge in [-0.2, -0.15) is 8.78 Å². The third kappa shape index (κ3) is 35.7. The van der Waals surface area contributed by atoms with E-state index in [0.29, 0.717) is 42.1 Å². The lowest BCUT2D eigenvalue weighted by Crippen LogP contribution is -2.44. The zero-order valence-corrected chi connectivity index (χ0v) is 74.7. The van der Waals surface area contributed by atoms with Crippen LogP contribution in [0, 0.1) is 52.8 Å². The fourth-order valence-electron chi connectivity index (χ4n) is 14.2. The molecule has 1 aliphatic carbocycles. The Balaban J connectivity index is 0.000000458. The summed E-state index contributed by atoms with van der Waals surface area (Å²) in [6, 6.07) is 15.5. The number of Topliss-reactive ketones (excluding diaryl/α,β-unsaturated/α-hetero) is 1. The number of carboxylic acid groups (broad SMARTS) is 1. The molecule has 4 aromatic rings. The number of hydrogen-bond donors (Lipinski definition) is 3. The lowest BCUT2D eigenvalue weighted by Gasteiger charge is -2.35. The second-order valence-corrected chi connectivity index (χ2v) is 34.9. The number of nitrogens with zero attached hydrogens (tertiary/aromatic N) is 6. The molecule has 3 aliphatic rings. The van der Waals surface area contributed by atoms with Gasteiger partial charge < -0.3 is 44.5 Å². The van der Waals surface area contributed by atoms with Crippen LogP contribution >= 0.6 is 22.7 Å². The van der Waals surface area contributed by atoms with Gasteiger partial charge in [0, 0.05) is 100 Å². The van der Waals surface area contributed by atoms with Crippen LogP contribution in [-0.4, -0.2) is 198 Å². The number of nitrogens with one attached hydrogen (secondary N) is 2. The number of halogens is 2. The number of carbonyl (C=O) groups is 12. The number of carbonyl (C=O) groups excluding carboxylic acids is 11. The first-order valence-electron chi connectivity index (χ1n) is 41.1. The summed E-state index contributed by atoms with van der Waals surface area (Å²) in [6.45, 7) is 29.0. The smallest absolute Gasteiger partial charge is 0.320 e. The fraction of sp³-hybridized carbons (Fsp3) is 0.659. The molecule has 12 atom stereocenters. The number of aliphatic carboxylic acids is 1. The Morgan fingerprint density at radius 2 is 0.940 bits per heavy atom. The molecule has 0 bridgehead atoms. The van der Waals surface area contributed by atoms with Crippen molar-refractivity contribution < 1.29 is 90.4 Å². The molecule has 2 aromatic heterocycles. The lowest BCUT2D eigenvalue weighted by atomic mass is 9.90. The molecule has 3 fully saturated rings. The maximum Gasteiger partial charge on any atom is 0.320 e. The molecule has 117 heavy (non-hydrogen) atoms. The predicted octanol–water partition coefficient (Wildman–Crippen LogP) is 14.8. The van der Waals surface area contributed by atoms with Crippen LogP contribution in [0.4, 0.5) is 8.78 Å². The first-order chi connectivity index (χ1) is 55.0. The SMILES string of the molecule is CC(C)[C@H](C)C(=O)F.CC1(C(=O)F)CCCC1.CN1CCCC[C@@H]1C(=O)O.COC(=O)[C@@H](C)C[C@H](Cc1ccccc1)NC(=O)c1csc([C@@H](C[C@H](C(C)C)N(C)C(=O)CCC(=O)[C@H]2CCCCN2C)OC(C)=O)n1.COC(=O)[C@@H](C)C[C@H](Cc1ccccc1)NC(=O)c1csc([C@@H](C[C@H](C(C)C)N(C)C(=O)[C@@H](C)C(C)C)OC(C)=O)n1. The minimum atomic E-state index is -1.21. The quantitative estimate of drug-likeness (QED) is 0.0216. The van der Waals surface area contributed by atoms with Gasteiger partial charge in [0.25, 0.3) is 11.8 Å². The molecule has 0 unspecified atom stereocenters. The maximum absolute atomic E-state index is 13.4. The van der Waals surface area contributed by atoms with Gasteiger partial charge in [-0.05, 0) is 133 Å². The summed E-state index contributed by atoms with van der Waals surface area (Å²) in [5.74, 6) is -4.14. The number of rotatable bonds is 36. The van der Waals surface area contributed by atoms with E-state index in [1.54, 1.807) is 62.4 Å². The van der Waals surface area contributed by atoms with Crippen molar-refractivity contribution in [2.75, 3.05) is 55.5 Å². The van der Waals surface area contributed by atoms with Crippen LogP contribution in [0.2, 0.25) is 0 Å². The molecule has 654 valence electrons.